The van der Waals surface area contributed by atoms with Gasteiger partial charge in [0.15, 0.2) is 15.6 Å². The summed E-state index contributed by atoms with van der Waals surface area (Å²) in [5.74, 6) is 0.356. The molecule has 4 N–H and O–H groups in total. The first-order valence-electron chi connectivity index (χ1n) is 11.5. The molecule has 2 atom stereocenters. The molecule has 0 radical (unpaired) electrons. The number of benzene rings is 2. The third-order valence-corrected chi connectivity index (χ3v) is 7.28. The number of carboxylic acid groups (broad SMARTS) is 1. The molecule has 2 aromatic carbocycles. The number of fused-ring (bicyclic) bond motifs is 1. The summed E-state index contributed by atoms with van der Waals surface area (Å²) >= 11 is 0. The van der Waals surface area contributed by atoms with Crippen molar-refractivity contribution in [3.8, 4) is 11.5 Å². The van der Waals surface area contributed by atoms with Gasteiger partial charge in [-0.15, -0.1) is 0 Å². The Kier molecular flexibility index (Phi) is 9.51. The standard InChI is InChI=1S/C24H32N2O9S/c1-16(2)13-25-26(24(29)30)21(11-17-3-5-19(6-4-17)33-10-9-27)22(28)15-36(31,32)20-7-8-23-18(12-20)14-34-35-23/h3-8,12,16,21-22,25,27-28H,9-11,13-15H2,1-2H3,(H,29,30). The van der Waals surface area contributed by atoms with Gasteiger partial charge in [-0.3, -0.25) is 0 Å². The van der Waals surface area contributed by atoms with Crippen molar-refractivity contribution in [2.24, 2.45) is 5.92 Å². The van der Waals surface area contributed by atoms with Crippen molar-refractivity contribution in [3.63, 3.8) is 0 Å². The molecule has 0 bridgehead atoms. The molecule has 0 spiro atoms. The number of ether oxygens (including phenoxy) is 1. The van der Waals surface area contributed by atoms with Crippen molar-refractivity contribution in [3.05, 3.63) is 53.6 Å². The fourth-order valence-electron chi connectivity index (χ4n) is 3.67. The molecule has 1 aliphatic rings. The summed E-state index contributed by atoms with van der Waals surface area (Å²) in [4.78, 5) is 21.9. The van der Waals surface area contributed by atoms with Crippen LogP contribution in [0, 0.1) is 5.92 Å². The third kappa shape index (κ3) is 7.31. The second-order valence-electron chi connectivity index (χ2n) is 8.86. The Bertz CT molecular complexity index is 1120. The monoisotopic (exact) mass is 524 g/mol. The number of rotatable bonds is 13. The Labute approximate surface area is 210 Å². The number of nitrogens with zero attached hydrogens (tertiary/aromatic N) is 1. The molecular formula is C24H32N2O9S. The summed E-state index contributed by atoms with van der Waals surface area (Å²) in [5.41, 5.74) is 4.04. The lowest BCUT2D eigenvalue weighted by Gasteiger charge is -2.33. The summed E-state index contributed by atoms with van der Waals surface area (Å²) in [6.45, 7) is 4.20. The largest absolute Gasteiger partial charge is 0.491 e. The first-order valence-corrected chi connectivity index (χ1v) is 13.2. The summed E-state index contributed by atoms with van der Waals surface area (Å²) in [7, 11) is -3.98. The lowest BCUT2D eigenvalue weighted by Crippen LogP contribution is -2.56. The van der Waals surface area contributed by atoms with Crippen molar-refractivity contribution in [1.29, 1.82) is 0 Å². The van der Waals surface area contributed by atoms with Crippen LogP contribution in [0.1, 0.15) is 25.0 Å². The predicted octanol–water partition coefficient (Wildman–Crippen LogP) is 1.77. The fourth-order valence-corrected chi connectivity index (χ4v) is 5.13. The molecular weight excluding hydrogens is 492 g/mol. The van der Waals surface area contributed by atoms with Gasteiger partial charge in [-0.1, -0.05) is 26.0 Å². The van der Waals surface area contributed by atoms with Crippen LogP contribution in [0.5, 0.6) is 11.5 Å². The molecule has 1 amide bonds. The van der Waals surface area contributed by atoms with Gasteiger partial charge < -0.3 is 24.9 Å². The smallest absolute Gasteiger partial charge is 0.422 e. The molecule has 0 saturated heterocycles. The van der Waals surface area contributed by atoms with E-state index in [1.807, 2.05) is 13.8 Å². The Morgan fingerprint density at radius 1 is 1.19 bits per heavy atom. The number of hydrogen-bond acceptors (Lipinski definition) is 9. The zero-order valence-corrected chi connectivity index (χ0v) is 21.0. The zero-order chi connectivity index (χ0) is 26.3. The minimum atomic E-state index is -3.98. The SMILES string of the molecule is CC(C)CNN(C(=O)O)C(Cc1ccc(OCCO)cc1)C(O)CS(=O)(=O)c1ccc2c(c1)COO2. The average molecular weight is 525 g/mol. The minimum Gasteiger partial charge on any atom is -0.491 e. The molecule has 12 heteroatoms. The van der Waals surface area contributed by atoms with E-state index in [1.165, 1.54) is 18.2 Å². The first kappa shape index (κ1) is 27.7. The molecule has 1 heterocycles. The van der Waals surface area contributed by atoms with E-state index in [0.717, 1.165) is 5.01 Å². The Balaban J connectivity index is 1.84. The molecule has 3 rings (SSSR count). The van der Waals surface area contributed by atoms with Crippen LogP contribution in [-0.4, -0.2) is 72.5 Å². The normalized spacial score (nSPS) is 14.7. The molecule has 11 nitrogen and oxygen atoms in total. The van der Waals surface area contributed by atoms with E-state index in [0.29, 0.717) is 29.2 Å². The van der Waals surface area contributed by atoms with Crippen molar-refractivity contribution in [2.45, 2.75) is 43.9 Å². The van der Waals surface area contributed by atoms with Crippen LogP contribution in [0.4, 0.5) is 4.79 Å². The van der Waals surface area contributed by atoms with Gasteiger partial charge in [-0.05, 0) is 48.2 Å². The third-order valence-electron chi connectivity index (χ3n) is 5.52. The predicted molar refractivity (Wildman–Crippen MR) is 129 cm³/mol. The maximum absolute atomic E-state index is 13.1. The van der Waals surface area contributed by atoms with Gasteiger partial charge in [0.25, 0.3) is 0 Å². The van der Waals surface area contributed by atoms with Crippen LogP contribution in [0.2, 0.25) is 0 Å². The summed E-state index contributed by atoms with van der Waals surface area (Å²) in [5, 5.41) is 30.7. The molecule has 0 aliphatic carbocycles. The van der Waals surface area contributed by atoms with Gasteiger partial charge in [0, 0.05) is 12.1 Å². The maximum atomic E-state index is 13.1. The van der Waals surface area contributed by atoms with Crippen molar-refractivity contribution in [2.75, 3.05) is 25.5 Å². The highest BCUT2D eigenvalue weighted by molar-refractivity contribution is 7.91. The molecule has 198 valence electrons. The average Bonchev–Trinajstić information content (AvgIpc) is 3.30. The van der Waals surface area contributed by atoms with Crippen molar-refractivity contribution in [1.82, 2.24) is 10.4 Å². The quantitative estimate of drug-likeness (QED) is 0.225. The fraction of sp³-hybridized carbons (Fsp3) is 0.458. The first-order chi connectivity index (χ1) is 17.1. The highest BCUT2D eigenvalue weighted by atomic mass is 32.2. The van der Waals surface area contributed by atoms with Crippen LogP contribution in [-0.2, 0) is 27.8 Å². The van der Waals surface area contributed by atoms with Crippen LogP contribution < -0.4 is 15.1 Å². The van der Waals surface area contributed by atoms with Gasteiger partial charge in [0.05, 0.1) is 29.4 Å². The van der Waals surface area contributed by atoms with Crippen molar-refractivity contribution < 1.29 is 43.0 Å². The van der Waals surface area contributed by atoms with E-state index >= 15 is 0 Å². The number of hydrogen-bond donors (Lipinski definition) is 4. The minimum absolute atomic E-state index is 0.0180. The van der Waals surface area contributed by atoms with Gasteiger partial charge in [-0.2, -0.15) is 4.89 Å². The second-order valence-corrected chi connectivity index (χ2v) is 10.9. The lowest BCUT2D eigenvalue weighted by atomic mass is 10.0. The Morgan fingerprint density at radius 2 is 1.92 bits per heavy atom. The van der Waals surface area contributed by atoms with Gasteiger partial charge in [-0.25, -0.2) is 23.6 Å². The van der Waals surface area contributed by atoms with Crippen LogP contribution in [0.25, 0.3) is 0 Å². The van der Waals surface area contributed by atoms with Crippen molar-refractivity contribution >= 4 is 15.9 Å². The van der Waals surface area contributed by atoms with E-state index < -0.39 is 33.8 Å². The van der Waals surface area contributed by atoms with Crippen LogP contribution >= 0.6 is 0 Å². The molecule has 36 heavy (non-hydrogen) atoms. The number of hydrazine groups is 1. The summed E-state index contributed by atoms with van der Waals surface area (Å²) in [6.07, 6.45) is -2.84. The van der Waals surface area contributed by atoms with Crippen LogP contribution in [0.15, 0.2) is 47.4 Å². The van der Waals surface area contributed by atoms with Gasteiger partial charge in [0.1, 0.15) is 19.0 Å². The number of carbonyl (C=O) groups is 1. The lowest BCUT2D eigenvalue weighted by molar-refractivity contribution is -0.194. The molecule has 0 saturated carbocycles. The Hall–Kier alpha value is -2.90. The van der Waals surface area contributed by atoms with Gasteiger partial charge in [0.2, 0.25) is 0 Å². The Morgan fingerprint density at radius 3 is 2.56 bits per heavy atom. The molecule has 1 aliphatic heterocycles. The summed E-state index contributed by atoms with van der Waals surface area (Å²) in [6, 6.07) is 9.87. The molecule has 2 aromatic rings. The number of aliphatic hydroxyl groups is 2. The highest BCUT2D eigenvalue weighted by Crippen LogP contribution is 2.29. The van der Waals surface area contributed by atoms with Gasteiger partial charge >= 0.3 is 6.09 Å². The number of sulfone groups is 1. The van der Waals surface area contributed by atoms with E-state index in [-0.39, 0.29) is 37.1 Å². The maximum Gasteiger partial charge on any atom is 0.422 e. The second kappa shape index (κ2) is 12.4. The zero-order valence-electron chi connectivity index (χ0n) is 20.2. The number of nitrogens with one attached hydrogen (secondary N) is 1. The van der Waals surface area contributed by atoms with E-state index in [1.54, 1.807) is 24.3 Å². The highest BCUT2D eigenvalue weighted by Gasteiger charge is 2.34. The van der Waals surface area contributed by atoms with Crippen LogP contribution in [0.3, 0.4) is 0 Å². The van der Waals surface area contributed by atoms with E-state index in [4.69, 9.17) is 19.6 Å². The number of aliphatic hydroxyl groups excluding tert-OH is 2. The molecule has 2 unspecified atom stereocenters. The molecule has 0 fully saturated rings. The molecule has 0 aromatic heterocycles. The number of amides is 1. The van der Waals surface area contributed by atoms with E-state index in [9.17, 15) is 23.4 Å². The van der Waals surface area contributed by atoms with E-state index in [2.05, 4.69) is 5.43 Å². The summed E-state index contributed by atoms with van der Waals surface area (Å²) < 4.78 is 31.6. The topological polar surface area (TPSA) is 155 Å².